The fourth-order valence-corrected chi connectivity index (χ4v) is 1.90. The van der Waals surface area contributed by atoms with Gasteiger partial charge in [0.2, 0.25) is 0 Å². The zero-order chi connectivity index (χ0) is 16.8. The third-order valence-electron chi connectivity index (χ3n) is 3.19. The van der Waals surface area contributed by atoms with Crippen LogP contribution in [-0.4, -0.2) is 22.5 Å². The highest BCUT2D eigenvalue weighted by molar-refractivity contribution is 5.95. The lowest BCUT2D eigenvalue weighted by Gasteiger charge is -2.14. The van der Waals surface area contributed by atoms with Crippen molar-refractivity contribution in [3.05, 3.63) is 64.6 Å². The Morgan fingerprint density at radius 1 is 1.17 bits per heavy atom. The summed E-state index contributed by atoms with van der Waals surface area (Å²) in [5.74, 6) is -1.08. The Balaban J connectivity index is 1.90. The molecule has 0 spiro atoms. The molecule has 0 aliphatic rings. The zero-order valence-corrected chi connectivity index (χ0v) is 13.0. The Kier molecular flexibility index (Phi) is 5.30. The number of carbonyl (C=O) groups excluding carboxylic acids is 2. The number of ether oxygens (including phenoxy) is 1. The van der Waals surface area contributed by atoms with E-state index in [0.717, 1.165) is 5.56 Å². The second-order valence-electron chi connectivity index (χ2n) is 5.15. The predicted octanol–water partition coefficient (Wildman–Crippen LogP) is 1.73. The van der Waals surface area contributed by atoms with Crippen LogP contribution in [0.2, 0.25) is 0 Å². The van der Waals surface area contributed by atoms with E-state index in [4.69, 9.17) is 4.74 Å². The van der Waals surface area contributed by atoms with Gasteiger partial charge in [-0.25, -0.2) is 0 Å². The third kappa shape index (κ3) is 4.81. The van der Waals surface area contributed by atoms with Gasteiger partial charge in [0.25, 0.3) is 11.5 Å². The molecule has 1 amide bonds. The lowest BCUT2D eigenvalue weighted by Crippen LogP contribution is -2.32. The van der Waals surface area contributed by atoms with E-state index in [1.807, 2.05) is 19.1 Å². The summed E-state index contributed by atoms with van der Waals surface area (Å²) in [5.41, 5.74) is 1.40. The van der Waals surface area contributed by atoms with E-state index in [2.05, 4.69) is 5.32 Å². The SMILES string of the molecule is Cc1ccc(NC(=O)[C@@H](C)OC(=O)Cn2ccccc2=O)cc1. The van der Waals surface area contributed by atoms with Crippen molar-refractivity contribution in [2.24, 2.45) is 0 Å². The van der Waals surface area contributed by atoms with Crippen LogP contribution in [0.4, 0.5) is 5.69 Å². The first kappa shape index (κ1) is 16.5. The standard InChI is InChI=1S/C17H18N2O4/c1-12-6-8-14(9-7-12)18-17(22)13(2)23-16(21)11-19-10-4-3-5-15(19)20/h3-10,13H,11H2,1-2H3,(H,18,22)/t13-/m1/s1. The Bertz CT molecular complexity index is 750. The lowest BCUT2D eigenvalue weighted by atomic mass is 10.2. The molecule has 0 fully saturated rings. The maximum absolute atomic E-state index is 12.0. The topological polar surface area (TPSA) is 77.4 Å². The molecule has 120 valence electrons. The molecule has 0 radical (unpaired) electrons. The number of pyridine rings is 1. The number of aromatic nitrogens is 1. The normalized spacial score (nSPS) is 11.6. The first-order chi connectivity index (χ1) is 11.0. The van der Waals surface area contributed by atoms with Gasteiger partial charge >= 0.3 is 5.97 Å². The number of aryl methyl sites for hydroxylation is 1. The first-order valence-corrected chi connectivity index (χ1v) is 7.18. The van der Waals surface area contributed by atoms with Crippen LogP contribution >= 0.6 is 0 Å². The highest BCUT2D eigenvalue weighted by Gasteiger charge is 2.18. The fraction of sp³-hybridized carbons (Fsp3) is 0.235. The molecule has 0 bridgehead atoms. The summed E-state index contributed by atoms with van der Waals surface area (Å²) in [6.07, 6.45) is 0.531. The molecule has 0 aliphatic heterocycles. The molecular weight excluding hydrogens is 296 g/mol. The fourth-order valence-electron chi connectivity index (χ4n) is 1.90. The first-order valence-electron chi connectivity index (χ1n) is 7.18. The second kappa shape index (κ2) is 7.40. The molecule has 1 heterocycles. The molecular formula is C17H18N2O4. The van der Waals surface area contributed by atoms with Crippen molar-refractivity contribution in [2.75, 3.05) is 5.32 Å². The van der Waals surface area contributed by atoms with Crippen molar-refractivity contribution < 1.29 is 14.3 Å². The summed E-state index contributed by atoms with van der Waals surface area (Å²) in [6, 6.07) is 11.9. The summed E-state index contributed by atoms with van der Waals surface area (Å²) >= 11 is 0. The highest BCUT2D eigenvalue weighted by Crippen LogP contribution is 2.09. The molecule has 1 aromatic heterocycles. The smallest absolute Gasteiger partial charge is 0.326 e. The molecule has 0 saturated carbocycles. The minimum Gasteiger partial charge on any atom is -0.451 e. The van der Waals surface area contributed by atoms with Crippen LogP contribution in [0.1, 0.15) is 12.5 Å². The van der Waals surface area contributed by atoms with Crippen molar-refractivity contribution in [1.82, 2.24) is 4.57 Å². The van der Waals surface area contributed by atoms with Crippen LogP contribution in [0.15, 0.2) is 53.5 Å². The predicted molar refractivity (Wildman–Crippen MR) is 86.1 cm³/mol. The molecule has 2 rings (SSSR count). The molecule has 6 heteroatoms. The van der Waals surface area contributed by atoms with E-state index < -0.39 is 18.0 Å². The van der Waals surface area contributed by atoms with Crippen molar-refractivity contribution in [3.8, 4) is 0 Å². The molecule has 23 heavy (non-hydrogen) atoms. The van der Waals surface area contributed by atoms with E-state index in [1.165, 1.54) is 23.8 Å². The largest absolute Gasteiger partial charge is 0.451 e. The number of carbonyl (C=O) groups is 2. The Labute approximate surface area is 133 Å². The van der Waals surface area contributed by atoms with Gasteiger partial charge in [-0.3, -0.25) is 14.4 Å². The number of hydrogen-bond donors (Lipinski definition) is 1. The van der Waals surface area contributed by atoms with E-state index in [-0.39, 0.29) is 12.1 Å². The molecule has 0 saturated heterocycles. The third-order valence-corrected chi connectivity index (χ3v) is 3.19. The number of nitrogens with one attached hydrogen (secondary N) is 1. The summed E-state index contributed by atoms with van der Waals surface area (Å²) in [5, 5.41) is 2.66. The van der Waals surface area contributed by atoms with Crippen LogP contribution in [0.25, 0.3) is 0 Å². The summed E-state index contributed by atoms with van der Waals surface area (Å²) in [4.78, 5) is 35.3. The number of anilines is 1. The molecule has 0 unspecified atom stereocenters. The number of nitrogens with zero attached hydrogens (tertiary/aromatic N) is 1. The van der Waals surface area contributed by atoms with Gasteiger partial charge in [-0.05, 0) is 32.0 Å². The van der Waals surface area contributed by atoms with Gasteiger partial charge in [-0.2, -0.15) is 0 Å². The van der Waals surface area contributed by atoms with Crippen LogP contribution in [-0.2, 0) is 20.9 Å². The number of benzene rings is 1. The maximum Gasteiger partial charge on any atom is 0.326 e. The van der Waals surface area contributed by atoms with Crippen molar-refractivity contribution in [3.63, 3.8) is 0 Å². The number of hydrogen-bond acceptors (Lipinski definition) is 4. The van der Waals surface area contributed by atoms with E-state index in [9.17, 15) is 14.4 Å². The van der Waals surface area contributed by atoms with Gasteiger partial charge in [0, 0.05) is 18.0 Å². The minimum absolute atomic E-state index is 0.234. The monoisotopic (exact) mass is 314 g/mol. The van der Waals surface area contributed by atoms with Gasteiger partial charge in [0.05, 0.1) is 0 Å². The van der Waals surface area contributed by atoms with Gasteiger partial charge in [0.15, 0.2) is 6.10 Å². The van der Waals surface area contributed by atoms with Gasteiger partial charge in [-0.15, -0.1) is 0 Å². The van der Waals surface area contributed by atoms with Gasteiger partial charge in [-0.1, -0.05) is 23.8 Å². The Morgan fingerprint density at radius 2 is 1.87 bits per heavy atom. The van der Waals surface area contributed by atoms with E-state index in [0.29, 0.717) is 5.69 Å². The van der Waals surface area contributed by atoms with Gasteiger partial charge < -0.3 is 14.6 Å². The second-order valence-corrected chi connectivity index (χ2v) is 5.15. The zero-order valence-electron chi connectivity index (χ0n) is 13.0. The van der Waals surface area contributed by atoms with Crippen LogP contribution in [0.5, 0.6) is 0 Å². The Hall–Kier alpha value is -2.89. The number of rotatable bonds is 5. The lowest BCUT2D eigenvalue weighted by molar-refractivity contribution is -0.153. The maximum atomic E-state index is 12.0. The van der Waals surface area contributed by atoms with Crippen LogP contribution in [0, 0.1) is 6.92 Å². The Morgan fingerprint density at radius 3 is 2.52 bits per heavy atom. The molecule has 6 nitrogen and oxygen atoms in total. The number of amides is 1. The van der Waals surface area contributed by atoms with Gasteiger partial charge in [0.1, 0.15) is 6.54 Å². The summed E-state index contributed by atoms with van der Waals surface area (Å²) < 4.78 is 6.27. The quantitative estimate of drug-likeness (QED) is 0.853. The average Bonchev–Trinajstić information content (AvgIpc) is 2.51. The average molecular weight is 314 g/mol. The highest BCUT2D eigenvalue weighted by atomic mass is 16.5. The van der Waals surface area contributed by atoms with Crippen LogP contribution < -0.4 is 10.9 Å². The molecule has 0 aliphatic carbocycles. The minimum atomic E-state index is -0.955. The molecule has 2 aromatic rings. The van der Waals surface area contributed by atoms with Crippen molar-refractivity contribution in [1.29, 1.82) is 0 Å². The summed E-state index contributed by atoms with van der Waals surface area (Å²) in [6.45, 7) is 3.19. The van der Waals surface area contributed by atoms with Crippen LogP contribution in [0.3, 0.4) is 0 Å². The molecule has 1 aromatic carbocycles. The van der Waals surface area contributed by atoms with Crippen molar-refractivity contribution >= 4 is 17.6 Å². The van der Waals surface area contributed by atoms with Crippen molar-refractivity contribution in [2.45, 2.75) is 26.5 Å². The van der Waals surface area contributed by atoms with E-state index >= 15 is 0 Å². The number of esters is 1. The molecule has 1 atom stereocenters. The molecule has 1 N–H and O–H groups in total. The van der Waals surface area contributed by atoms with E-state index in [1.54, 1.807) is 24.3 Å². The summed E-state index contributed by atoms with van der Waals surface area (Å²) in [7, 11) is 0.